The molecule has 0 amide bonds. The van der Waals surface area contributed by atoms with Crippen LogP contribution in [0.25, 0.3) is 0 Å². The van der Waals surface area contributed by atoms with Crippen LogP contribution in [0.1, 0.15) is 31.7 Å². The summed E-state index contributed by atoms with van der Waals surface area (Å²) in [5.74, 6) is 0.828. The van der Waals surface area contributed by atoms with Crippen molar-refractivity contribution in [2.45, 2.75) is 38.6 Å². The van der Waals surface area contributed by atoms with E-state index in [1.54, 1.807) is 0 Å². The highest BCUT2D eigenvalue weighted by molar-refractivity contribution is 9.10. The van der Waals surface area contributed by atoms with Crippen molar-refractivity contribution < 1.29 is 0 Å². The molecule has 1 fully saturated rings. The summed E-state index contributed by atoms with van der Waals surface area (Å²) in [6, 6.07) is 9.47. The van der Waals surface area contributed by atoms with Gasteiger partial charge in [-0.3, -0.25) is 0 Å². The second-order valence-electron chi connectivity index (χ2n) is 4.69. The number of hydrogen-bond donors (Lipinski definition) is 1. The quantitative estimate of drug-likeness (QED) is 0.886. The van der Waals surface area contributed by atoms with Gasteiger partial charge < -0.3 is 5.32 Å². The minimum Gasteiger partial charge on any atom is -0.314 e. The molecule has 16 heavy (non-hydrogen) atoms. The highest BCUT2D eigenvalue weighted by Crippen LogP contribution is 2.29. The SMILES string of the molecule is CCNC1CCCC1Cc1cccc(Br)c1. The van der Waals surface area contributed by atoms with E-state index in [0.717, 1.165) is 18.5 Å². The first-order valence-electron chi connectivity index (χ1n) is 6.27. The lowest BCUT2D eigenvalue weighted by atomic mass is 9.94. The van der Waals surface area contributed by atoms with Gasteiger partial charge in [0, 0.05) is 10.5 Å². The van der Waals surface area contributed by atoms with Crippen LogP contribution in [0.2, 0.25) is 0 Å². The summed E-state index contributed by atoms with van der Waals surface area (Å²) in [5, 5.41) is 3.62. The lowest BCUT2D eigenvalue weighted by molar-refractivity contribution is 0.406. The molecular weight excluding hydrogens is 262 g/mol. The van der Waals surface area contributed by atoms with Gasteiger partial charge in [0.1, 0.15) is 0 Å². The van der Waals surface area contributed by atoms with Gasteiger partial charge in [0.05, 0.1) is 0 Å². The fraction of sp³-hybridized carbons (Fsp3) is 0.571. The maximum atomic E-state index is 3.62. The zero-order valence-corrected chi connectivity index (χ0v) is 11.5. The zero-order valence-electron chi connectivity index (χ0n) is 9.88. The molecule has 1 aromatic carbocycles. The molecule has 2 unspecified atom stereocenters. The maximum absolute atomic E-state index is 3.62. The Bertz CT molecular complexity index is 337. The Balaban J connectivity index is 1.98. The number of hydrogen-bond acceptors (Lipinski definition) is 1. The summed E-state index contributed by atoms with van der Waals surface area (Å²) in [7, 11) is 0. The van der Waals surface area contributed by atoms with Crippen molar-refractivity contribution in [1.82, 2.24) is 5.32 Å². The van der Waals surface area contributed by atoms with Crippen LogP contribution in [0.3, 0.4) is 0 Å². The molecule has 1 aliphatic rings. The van der Waals surface area contributed by atoms with Crippen LogP contribution in [0, 0.1) is 5.92 Å². The van der Waals surface area contributed by atoms with E-state index in [1.807, 2.05) is 0 Å². The summed E-state index contributed by atoms with van der Waals surface area (Å²) < 4.78 is 1.20. The standard InChI is InChI=1S/C14H20BrN/c1-2-16-14-8-4-6-12(14)9-11-5-3-7-13(15)10-11/h3,5,7,10,12,14,16H,2,4,6,8-9H2,1H3. The highest BCUT2D eigenvalue weighted by atomic mass is 79.9. The van der Waals surface area contributed by atoms with Crippen molar-refractivity contribution in [3.8, 4) is 0 Å². The number of halogens is 1. The molecule has 0 saturated heterocycles. The predicted molar refractivity (Wildman–Crippen MR) is 72.7 cm³/mol. The van der Waals surface area contributed by atoms with Gasteiger partial charge in [-0.1, -0.05) is 41.4 Å². The Morgan fingerprint density at radius 1 is 1.38 bits per heavy atom. The van der Waals surface area contributed by atoms with Crippen LogP contribution in [-0.4, -0.2) is 12.6 Å². The summed E-state index contributed by atoms with van der Waals surface area (Å²) >= 11 is 3.54. The molecule has 1 aliphatic carbocycles. The lowest BCUT2D eigenvalue weighted by Crippen LogP contribution is -2.33. The van der Waals surface area contributed by atoms with E-state index in [4.69, 9.17) is 0 Å². The fourth-order valence-electron chi connectivity index (χ4n) is 2.78. The molecule has 1 nitrogen and oxygen atoms in total. The first-order valence-corrected chi connectivity index (χ1v) is 7.06. The molecule has 88 valence electrons. The molecule has 1 N–H and O–H groups in total. The van der Waals surface area contributed by atoms with Gasteiger partial charge in [-0.25, -0.2) is 0 Å². The predicted octanol–water partition coefficient (Wildman–Crippen LogP) is 3.77. The first-order chi connectivity index (χ1) is 7.79. The van der Waals surface area contributed by atoms with Gasteiger partial charge in [-0.2, -0.15) is 0 Å². The third kappa shape index (κ3) is 3.08. The Morgan fingerprint density at radius 3 is 3.00 bits per heavy atom. The van der Waals surface area contributed by atoms with Crippen molar-refractivity contribution in [2.75, 3.05) is 6.54 Å². The molecule has 0 spiro atoms. The minimum atomic E-state index is 0.740. The van der Waals surface area contributed by atoms with Crippen LogP contribution < -0.4 is 5.32 Å². The molecular formula is C14H20BrN. The first kappa shape index (κ1) is 12.1. The summed E-state index contributed by atoms with van der Waals surface area (Å²) in [6.07, 6.45) is 5.34. The molecule has 2 atom stereocenters. The smallest absolute Gasteiger partial charge is 0.0177 e. The van der Waals surface area contributed by atoms with Crippen molar-refractivity contribution >= 4 is 15.9 Å². The van der Waals surface area contributed by atoms with Crippen molar-refractivity contribution in [2.24, 2.45) is 5.92 Å². The van der Waals surface area contributed by atoms with Crippen molar-refractivity contribution in [1.29, 1.82) is 0 Å². The largest absolute Gasteiger partial charge is 0.314 e. The van der Waals surface area contributed by atoms with Crippen molar-refractivity contribution in [3.63, 3.8) is 0 Å². The molecule has 0 aromatic heterocycles. The summed E-state index contributed by atoms with van der Waals surface area (Å²) in [5.41, 5.74) is 1.46. The third-order valence-electron chi connectivity index (χ3n) is 3.51. The molecule has 1 saturated carbocycles. The molecule has 0 heterocycles. The van der Waals surface area contributed by atoms with E-state index in [1.165, 1.54) is 35.7 Å². The number of rotatable bonds is 4. The molecule has 2 rings (SSSR count). The van der Waals surface area contributed by atoms with Gasteiger partial charge in [0.25, 0.3) is 0 Å². The average molecular weight is 282 g/mol. The van der Waals surface area contributed by atoms with E-state index in [9.17, 15) is 0 Å². The highest BCUT2D eigenvalue weighted by Gasteiger charge is 2.26. The normalized spacial score (nSPS) is 24.9. The number of nitrogens with one attached hydrogen (secondary N) is 1. The molecule has 0 bridgehead atoms. The monoisotopic (exact) mass is 281 g/mol. The number of benzene rings is 1. The van der Waals surface area contributed by atoms with E-state index < -0.39 is 0 Å². The Kier molecular flexibility index (Phi) is 4.42. The van der Waals surface area contributed by atoms with E-state index >= 15 is 0 Å². The lowest BCUT2D eigenvalue weighted by Gasteiger charge is -2.20. The topological polar surface area (TPSA) is 12.0 Å². The third-order valence-corrected chi connectivity index (χ3v) is 4.01. The molecule has 0 radical (unpaired) electrons. The van der Waals surface area contributed by atoms with Gasteiger partial charge in [0.15, 0.2) is 0 Å². The maximum Gasteiger partial charge on any atom is 0.0177 e. The van der Waals surface area contributed by atoms with Crippen LogP contribution in [0.5, 0.6) is 0 Å². The van der Waals surface area contributed by atoms with Gasteiger partial charge >= 0.3 is 0 Å². The Labute approximate surface area is 107 Å². The van der Waals surface area contributed by atoms with E-state index in [2.05, 4.69) is 52.4 Å². The van der Waals surface area contributed by atoms with Gasteiger partial charge in [0.2, 0.25) is 0 Å². The molecule has 1 aromatic rings. The van der Waals surface area contributed by atoms with Gasteiger partial charge in [-0.05, 0) is 49.4 Å². The van der Waals surface area contributed by atoms with E-state index in [0.29, 0.717) is 0 Å². The fourth-order valence-corrected chi connectivity index (χ4v) is 3.23. The second kappa shape index (κ2) is 5.83. The molecule has 0 aliphatic heterocycles. The Morgan fingerprint density at radius 2 is 2.25 bits per heavy atom. The Hall–Kier alpha value is -0.340. The van der Waals surface area contributed by atoms with Crippen LogP contribution in [-0.2, 0) is 6.42 Å². The summed E-state index contributed by atoms with van der Waals surface area (Å²) in [6.45, 7) is 3.30. The van der Waals surface area contributed by atoms with Crippen molar-refractivity contribution in [3.05, 3.63) is 34.3 Å². The van der Waals surface area contributed by atoms with Crippen LogP contribution >= 0.6 is 15.9 Å². The molecule has 2 heteroatoms. The second-order valence-corrected chi connectivity index (χ2v) is 5.60. The minimum absolute atomic E-state index is 0.740. The van der Waals surface area contributed by atoms with Crippen LogP contribution in [0.4, 0.5) is 0 Å². The summed E-state index contributed by atoms with van der Waals surface area (Å²) in [4.78, 5) is 0. The zero-order chi connectivity index (χ0) is 11.4. The van der Waals surface area contributed by atoms with Gasteiger partial charge in [-0.15, -0.1) is 0 Å². The van der Waals surface area contributed by atoms with Crippen LogP contribution in [0.15, 0.2) is 28.7 Å². The average Bonchev–Trinajstić information content (AvgIpc) is 2.66. The van der Waals surface area contributed by atoms with E-state index in [-0.39, 0.29) is 0 Å².